The summed E-state index contributed by atoms with van der Waals surface area (Å²) in [6.45, 7) is 5.52. The predicted molar refractivity (Wildman–Crippen MR) is 183 cm³/mol. The van der Waals surface area contributed by atoms with Gasteiger partial charge in [-0.25, -0.2) is 14.5 Å². The van der Waals surface area contributed by atoms with Crippen molar-refractivity contribution < 1.29 is 28.4 Å². The molecule has 9 nitrogen and oxygen atoms in total. The van der Waals surface area contributed by atoms with Crippen molar-refractivity contribution in [1.29, 1.82) is 0 Å². The van der Waals surface area contributed by atoms with Gasteiger partial charge in [0.05, 0.1) is 18.6 Å². The molecule has 48 heavy (non-hydrogen) atoms. The summed E-state index contributed by atoms with van der Waals surface area (Å²) in [6.07, 6.45) is -1.27. The zero-order valence-electron chi connectivity index (χ0n) is 26.7. The molecule has 1 aliphatic rings. The Labute approximate surface area is 283 Å². The summed E-state index contributed by atoms with van der Waals surface area (Å²) in [5.41, 5.74) is 6.09. The van der Waals surface area contributed by atoms with E-state index in [0.29, 0.717) is 28.6 Å². The van der Waals surface area contributed by atoms with E-state index >= 15 is 0 Å². The van der Waals surface area contributed by atoms with Crippen LogP contribution < -0.4 is 5.32 Å². The van der Waals surface area contributed by atoms with Gasteiger partial charge in [0.15, 0.2) is 5.76 Å². The van der Waals surface area contributed by atoms with Gasteiger partial charge in [-0.2, -0.15) is 0 Å². The molecular formula is C38H34ClN3O6. The number of cyclic esters (lactones) is 1. The van der Waals surface area contributed by atoms with Crippen LogP contribution in [0.25, 0.3) is 22.5 Å². The fourth-order valence-corrected chi connectivity index (χ4v) is 6.01. The van der Waals surface area contributed by atoms with Crippen molar-refractivity contribution in [2.45, 2.75) is 45.3 Å². The van der Waals surface area contributed by atoms with Gasteiger partial charge in [0, 0.05) is 17.0 Å². The molecule has 0 radical (unpaired) electrons. The molecule has 2 heterocycles. The Hall–Kier alpha value is -5.41. The second-order valence-electron chi connectivity index (χ2n) is 11.7. The first kappa shape index (κ1) is 32.5. The number of hydrogen-bond donors (Lipinski definition) is 1. The number of hydrogen-bond acceptors (Lipinski definition) is 7. The lowest BCUT2D eigenvalue weighted by molar-refractivity contribution is -0.130. The van der Waals surface area contributed by atoms with Crippen LogP contribution in [-0.4, -0.2) is 40.8 Å². The fraction of sp³-hybridized carbons (Fsp3) is 0.211. The van der Waals surface area contributed by atoms with Gasteiger partial charge in [-0.1, -0.05) is 114 Å². The molecule has 1 aliphatic heterocycles. The van der Waals surface area contributed by atoms with Gasteiger partial charge in [-0.3, -0.25) is 10.1 Å². The summed E-state index contributed by atoms with van der Waals surface area (Å²) in [6, 6.07) is 31.7. The Bertz CT molecular complexity index is 1920. The molecule has 5 aromatic rings. The molecule has 244 valence electrons. The number of benzene rings is 4. The number of carbonyl (C=O) groups is 3. The quantitative estimate of drug-likeness (QED) is 0.168. The maximum absolute atomic E-state index is 13.5. The number of aryl methyl sites for hydroxylation is 1. The lowest BCUT2D eigenvalue weighted by atomic mass is 9.95. The van der Waals surface area contributed by atoms with Gasteiger partial charge in [-0.15, -0.1) is 0 Å². The van der Waals surface area contributed by atoms with Crippen molar-refractivity contribution in [1.82, 2.24) is 10.1 Å². The Morgan fingerprint density at radius 1 is 0.917 bits per heavy atom. The number of nitrogens with one attached hydrogen (secondary N) is 1. The van der Waals surface area contributed by atoms with Crippen LogP contribution in [0.2, 0.25) is 5.02 Å². The maximum atomic E-state index is 13.5. The predicted octanol–water partition coefficient (Wildman–Crippen LogP) is 8.97. The second kappa shape index (κ2) is 14.1. The number of nitrogens with zero attached hydrogens (tertiary/aromatic N) is 2. The van der Waals surface area contributed by atoms with Gasteiger partial charge >= 0.3 is 12.2 Å². The molecule has 3 atom stereocenters. The molecule has 1 aromatic heterocycles. The lowest BCUT2D eigenvalue weighted by Crippen LogP contribution is -2.40. The highest BCUT2D eigenvalue weighted by Gasteiger charge is 2.44. The standard InChI is InChI=1S/C38H34ClN3O6/c1-23(36(43)42-25(3)34(47-38(42)45)30-10-5-4-6-11-30)26-13-15-27(16-14-26)28-17-19-31(20-18-28)35-33(24(2)41-48-35)40-37(44)46-22-21-29-9-7-8-12-32(29)39/h4-20,23,25,34H,21-22H2,1-3H3,(H,40,44)/t23-,25-,34-/m1/s1. The van der Waals surface area contributed by atoms with E-state index in [2.05, 4.69) is 10.5 Å². The third kappa shape index (κ3) is 6.82. The van der Waals surface area contributed by atoms with E-state index in [9.17, 15) is 14.4 Å². The summed E-state index contributed by atoms with van der Waals surface area (Å²) in [7, 11) is 0. The zero-order chi connectivity index (χ0) is 33.8. The molecule has 0 unspecified atom stereocenters. The normalized spacial score (nSPS) is 16.3. The first-order valence-corrected chi connectivity index (χ1v) is 16.0. The van der Waals surface area contributed by atoms with Crippen molar-refractivity contribution in [2.24, 2.45) is 0 Å². The number of halogens is 1. The Morgan fingerprint density at radius 2 is 1.54 bits per heavy atom. The number of carbonyl (C=O) groups excluding carboxylic acids is 3. The molecular weight excluding hydrogens is 630 g/mol. The van der Waals surface area contributed by atoms with Crippen LogP contribution in [0, 0.1) is 6.92 Å². The first-order chi connectivity index (χ1) is 23.2. The monoisotopic (exact) mass is 663 g/mol. The summed E-state index contributed by atoms with van der Waals surface area (Å²) >= 11 is 6.19. The van der Waals surface area contributed by atoms with Crippen LogP contribution >= 0.6 is 11.6 Å². The van der Waals surface area contributed by atoms with Crippen molar-refractivity contribution in [3.05, 3.63) is 131 Å². The zero-order valence-corrected chi connectivity index (χ0v) is 27.4. The maximum Gasteiger partial charge on any atom is 0.417 e. The van der Waals surface area contributed by atoms with Gasteiger partial charge in [0.25, 0.3) is 0 Å². The summed E-state index contributed by atoms with van der Waals surface area (Å²) in [5.74, 6) is -0.442. The van der Waals surface area contributed by atoms with Crippen LogP contribution in [0.15, 0.2) is 108 Å². The van der Waals surface area contributed by atoms with E-state index in [-0.39, 0.29) is 12.5 Å². The molecule has 4 aromatic carbocycles. The molecule has 1 fully saturated rings. The van der Waals surface area contributed by atoms with Crippen molar-refractivity contribution >= 4 is 35.4 Å². The van der Waals surface area contributed by atoms with E-state index in [0.717, 1.165) is 33.4 Å². The largest absolute Gasteiger partial charge is 0.449 e. The van der Waals surface area contributed by atoms with E-state index < -0.39 is 30.3 Å². The van der Waals surface area contributed by atoms with Gasteiger partial charge in [0.2, 0.25) is 5.91 Å². The van der Waals surface area contributed by atoms with Crippen molar-refractivity contribution in [3.63, 3.8) is 0 Å². The third-order valence-corrected chi connectivity index (χ3v) is 8.92. The molecule has 0 saturated carbocycles. The Kier molecular flexibility index (Phi) is 9.59. The van der Waals surface area contributed by atoms with E-state index in [1.807, 2.05) is 104 Å². The number of ether oxygens (including phenoxy) is 2. The number of imide groups is 1. The SMILES string of the molecule is Cc1noc(-c2ccc(-c3ccc([C@@H](C)C(=O)N4C(=O)O[C@@H](c5ccccc5)[C@H]4C)cc3)cc2)c1NC(=O)OCCc1ccccc1Cl. The number of aromatic nitrogens is 1. The highest BCUT2D eigenvalue weighted by atomic mass is 35.5. The minimum absolute atomic E-state index is 0.161. The molecule has 10 heteroatoms. The summed E-state index contributed by atoms with van der Waals surface area (Å²) in [5, 5.41) is 7.42. The van der Waals surface area contributed by atoms with Crippen LogP contribution in [0.3, 0.4) is 0 Å². The molecule has 0 aliphatic carbocycles. The molecule has 1 saturated heterocycles. The molecule has 0 bridgehead atoms. The number of rotatable bonds is 9. The van der Waals surface area contributed by atoms with Crippen LogP contribution in [0.1, 0.15) is 48.3 Å². The Morgan fingerprint density at radius 3 is 2.23 bits per heavy atom. The van der Waals surface area contributed by atoms with E-state index in [1.165, 1.54) is 4.90 Å². The first-order valence-electron chi connectivity index (χ1n) is 15.6. The number of amides is 3. The smallest absolute Gasteiger partial charge is 0.417 e. The lowest BCUT2D eigenvalue weighted by Gasteiger charge is -2.22. The van der Waals surface area contributed by atoms with E-state index in [4.69, 9.17) is 25.6 Å². The average Bonchev–Trinajstić information content (AvgIpc) is 3.62. The van der Waals surface area contributed by atoms with Gasteiger partial charge in [-0.05, 0) is 54.7 Å². The van der Waals surface area contributed by atoms with E-state index in [1.54, 1.807) is 19.9 Å². The van der Waals surface area contributed by atoms with Gasteiger partial charge in [0.1, 0.15) is 17.5 Å². The molecule has 1 N–H and O–H groups in total. The average molecular weight is 664 g/mol. The highest BCUT2D eigenvalue weighted by molar-refractivity contribution is 6.31. The molecule has 0 spiro atoms. The third-order valence-electron chi connectivity index (χ3n) is 8.55. The molecule has 3 amide bonds. The second-order valence-corrected chi connectivity index (χ2v) is 12.1. The van der Waals surface area contributed by atoms with Crippen molar-refractivity contribution in [3.8, 4) is 22.5 Å². The number of anilines is 1. The minimum Gasteiger partial charge on any atom is -0.449 e. The van der Waals surface area contributed by atoms with Crippen LogP contribution in [0.5, 0.6) is 0 Å². The summed E-state index contributed by atoms with van der Waals surface area (Å²) < 4.78 is 16.5. The van der Waals surface area contributed by atoms with Gasteiger partial charge < -0.3 is 14.0 Å². The molecule has 6 rings (SSSR count). The van der Waals surface area contributed by atoms with Crippen LogP contribution in [0.4, 0.5) is 15.3 Å². The van der Waals surface area contributed by atoms with Crippen molar-refractivity contribution in [2.75, 3.05) is 11.9 Å². The minimum atomic E-state index is -0.629. The summed E-state index contributed by atoms with van der Waals surface area (Å²) in [4.78, 5) is 40.0. The Balaban J connectivity index is 1.09. The topological polar surface area (TPSA) is 111 Å². The highest BCUT2D eigenvalue weighted by Crippen LogP contribution is 2.36. The van der Waals surface area contributed by atoms with Crippen LogP contribution in [-0.2, 0) is 20.7 Å². The fourth-order valence-electron chi connectivity index (χ4n) is 5.78.